The Balaban J connectivity index is 1.51. The lowest BCUT2D eigenvalue weighted by Gasteiger charge is -2.37. The maximum atomic E-state index is 11.2. The molecule has 1 saturated heterocycles. The summed E-state index contributed by atoms with van der Waals surface area (Å²) in [6, 6.07) is 14.6. The summed E-state index contributed by atoms with van der Waals surface area (Å²) < 4.78 is 11.7. The molecular weight excluding hydrogens is 364 g/mol. The van der Waals surface area contributed by atoms with E-state index in [2.05, 4.69) is 41.1 Å². The molecule has 156 valence electrons. The van der Waals surface area contributed by atoms with Crippen LogP contribution in [0, 0.1) is 0 Å². The van der Waals surface area contributed by atoms with Gasteiger partial charge in [-0.1, -0.05) is 18.2 Å². The monoisotopic (exact) mass is 396 g/mol. The van der Waals surface area contributed by atoms with E-state index >= 15 is 0 Å². The molecule has 0 spiro atoms. The van der Waals surface area contributed by atoms with Crippen molar-refractivity contribution in [3.63, 3.8) is 0 Å². The smallest absolute Gasteiger partial charge is 0.123 e. The minimum Gasteiger partial charge on any atom is -0.494 e. The molecule has 4 rings (SSSR count). The number of benzene rings is 2. The Hall–Kier alpha value is -2.08. The van der Waals surface area contributed by atoms with E-state index in [0.29, 0.717) is 13.2 Å². The van der Waals surface area contributed by atoms with Crippen molar-refractivity contribution < 1.29 is 14.6 Å². The van der Waals surface area contributed by atoms with Gasteiger partial charge in [0.05, 0.1) is 12.2 Å². The van der Waals surface area contributed by atoms with Crippen molar-refractivity contribution in [2.24, 2.45) is 0 Å². The minimum absolute atomic E-state index is 0.673. The van der Waals surface area contributed by atoms with Gasteiger partial charge in [0.1, 0.15) is 18.1 Å². The second kappa shape index (κ2) is 8.74. The highest BCUT2D eigenvalue weighted by Gasteiger charge is 2.33. The Kier molecular flexibility index (Phi) is 6.09. The van der Waals surface area contributed by atoms with E-state index < -0.39 is 5.60 Å². The highest BCUT2D eigenvalue weighted by atomic mass is 16.5. The summed E-state index contributed by atoms with van der Waals surface area (Å²) in [5, 5.41) is 11.2. The molecule has 0 bridgehead atoms. The number of hydrogen-bond donors (Lipinski definition) is 1. The first kappa shape index (κ1) is 20.2. The second-order valence-corrected chi connectivity index (χ2v) is 8.30. The van der Waals surface area contributed by atoms with Crippen LogP contribution in [-0.2, 0) is 18.7 Å². The van der Waals surface area contributed by atoms with Gasteiger partial charge in [0.2, 0.25) is 0 Å². The number of likely N-dealkylation sites (tertiary alicyclic amines) is 1. The fraction of sp³-hybridized carbons (Fsp3) is 0.500. The van der Waals surface area contributed by atoms with Gasteiger partial charge in [-0.25, -0.2) is 0 Å². The molecule has 0 aromatic heterocycles. The molecule has 5 nitrogen and oxygen atoms in total. The number of rotatable bonds is 5. The summed E-state index contributed by atoms with van der Waals surface area (Å²) in [5.74, 6) is 1.86. The Morgan fingerprint density at radius 1 is 1.10 bits per heavy atom. The van der Waals surface area contributed by atoms with Crippen molar-refractivity contribution in [2.75, 3.05) is 39.9 Å². The van der Waals surface area contributed by atoms with Crippen LogP contribution in [-0.4, -0.2) is 54.8 Å². The quantitative estimate of drug-likeness (QED) is 0.839. The van der Waals surface area contributed by atoms with E-state index in [1.54, 1.807) is 0 Å². The van der Waals surface area contributed by atoms with Crippen LogP contribution in [0.5, 0.6) is 11.5 Å². The normalized spacial score (nSPS) is 19.8. The molecule has 0 amide bonds. The Bertz CT molecular complexity index is 831. The number of ether oxygens (including phenoxy) is 2. The lowest BCUT2D eigenvalue weighted by atomic mass is 9.84. The third-order valence-corrected chi connectivity index (χ3v) is 6.09. The average Bonchev–Trinajstić information content (AvgIpc) is 2.92. The second-order valence-electron chi connectivity index (χ2n) is 8.30. The van der Waals surface area contributed by atoms with E-state index in [1.807, 2.05) is 25.1 Å². The maximum absolute atomic E-state index is 11.2. The molecule has 0 radical (unpaired) electrons. The molecule has 5 heteroatoms. The van der Waals surface area contributed by atoms with Gasteiger partial charge in [-0.05, 0) is 62.2 Å². The van der Waals surface area contributed by atoms with Crippen molar-refractivity contribution in [1.82, 2.24) is 9.80 Å². The average molecular weight is 397 g/mol. The molecule has 29 heavy (non-hydrogen) atoms. The van der Waals surface area contributed by atoms with Crippen molar-refractivity contribution in [1.29, 1.82) is 0 Å². The molecular formula is C24H32N2O3. The zero-order chi connectivity index (χ0) is 20.3. The van der Waals surface area contributed by atoms with Gasteiger partial charge in [-0.15, -0.1) is 0 Å². The Morgan fingerprint density at radius 3 is 2.72 bits per heavy atom. The van der Waals surface area contributed by atoms with Crippen molar-refractivity contribution in [3.8, 4) is 11.5 Å². The zero-order valence-corrected chi connectivity index (χ0v) is 17.6. The lowest BCUT2D eigenvalue weighted by Crippen LogP contribution is -2.40. The van der Waals surface area contributed by atoms with E-state index in [0.717, 1.165) is 68.2 Å². The van der Waals surface area contributed by atoms with Crippen LogP contribution in [0.1, 0.15) is 36.5 Å². The van der Waals surface area contributed by atoms with E-state index in [-0.39, 0.29) is 0 Å². The number of nitrogens with zero attached hydrogens (tertiary/aromatic N) is 2. The van der Waals surface area contributed by atoms with Crippen LogP contribution in [0.2, 0.25) is 0 Å². The van der Waals surface area contributed by atoms with Crippen LogP contribution in [0.3, 0.4) is 0 Å². The molecule has 1 N–H and O–H groups in total. The topological polar surface area (TPSA) is 45.2 Å². The fourth-order valence-electron chi connectivity index (χ4n) is 4.31. The number of fused-ring (bicyclic) bond motifs is 1. The fourth-order valence-corrected chi connectivity index (χ4v) is 4.31. The molecule has 0 saturated carbocycles. The summed E-state index contributed by atoms with van der Waals surface area (Å²) in [6.07, 6.45) is 1.55. The summed E-state index contributed by atoms with van der Waals surface area (Å²) in [5.41, 5.74) is 2.69. The van der Waals surface area contributed by atoms with Gasteiger partial charge < -0.3 is 19.5 Å². The Labute approximate surface area is 173 Å². The maximum Gasteiger partial charge on any atom is 0.123 e. The van der Waals surface area contributed by atoms with Crippen molar-refractivity contribution in [2.45, 2.75) is 38.5 Å². The lowest BCUT2D eigenvalue weighted by molar-refractivity contribution is -0.0204. The first-order valence-corrected chi connectivity index (χ1v) is 10.7. The number of hydrogen-bond acceptors (Lipinski definition) is 5. The largest absolute Gasteiger partial charge is 0.494 e. The van der Waals surface area contributed by atoms with E-state index in [4.69, 9.17) is 9.47 Å². The number of piperidine rings is 1. The first-order chi connectivity index (χ1) is 14.1. The molecule has 0 unspecified atom stereocenters. The van der Waals surface area contributed by atoms with Crippen LogP contribution in [0.25, 0.3) is 0 Å². The molecule has 2 aliphatic heterocycles. The summed E-state index contributed by atoms with van der Waals surface area (Å²) in [6.45, 7) is 7.74. The van der Waals surface area contributed by atoms with Gasteiger partial charge in [0, 0.05) is 38.3 Å². The molecule has 2 heterocycles. The van der Waals surface area contributed by atoms with Gasteiger partial charge in [-0.2, -0.15) is 0 Å². The summed E-state index contributed by atoms with van der Waals surface area (Å²) in [4.78, 5) is 4.68. The first-order valence-electron chi connectivity index (χ1n) is 10.7. The third kappa shape index (κ3) is 4.74. The highest BCUT2D eigenvalue weighted by molar-refractivity contribution is 5.40. The molecule has 0 aliphatic carbocycles. The van der Waals surface area contributed by atoms with Gasteiger partial charge >= 0.3 is 0 Å². The zero-order valence-electron chi connectivity index (χ0n) is 17.6. The van der Waals surface area contributed by atoms with E-state index in [9.17, 15) is 5.11 Å². The Morgan fingerprint density at radius 2 is 1.93 bits per heavy atom. The standard InChI is InChI=1S/C24H32N2O3/c1-3-28-22-6-4-5-19(15-22)17-26-13-14-29-23-8-7-21(16-20(23)18-26)24(27)9-11-25(2)12-10-24/h4-8,15-16,27H,3,9-14,17-18H2,1-2H3. The highest BCUT2D eigenvalue weighted by Crippen LogP contribution is 2.36. The molecule has 2 aliphatic rings. The number of aliphatic hydroxyl groups is 1. The molecule has 1 fully saturated rings. The van der Waals surface area contributed by atoms with Crippen LogP contribution >= 0.6 is 0 Å². The molecule has 2 aromatic rings. The van der Waals surface area contributed by atoms with Gasteiger partial charge in [-0.3, -0.25) is 4.90 Å². The SMILES string of the molecule is CCOc1cccc(CN2CCOc3ccc(C4(O)CCN(C)CC4)cc3C2)c1. The van der Waals surface area contributed by atoms with Crippen LogP contribution < -0.4 is 9.47 Å². The minimum atomic E-state index is -0.732. The third-order valence-electron chi connectivity index (χ3n) is 6.09. The van der Waals surface area contributed by atoms with Crippen molar-refractivity contribution >= 4 is 0 Å². The van der Waals surface area contributed by atoms with Gasteiger partial charge in [0.15, 0.2) is 0 Å². The van der Waals surface area contributed by atoms with E-state index in [1.165, 1.54) is 5.56 Å². The summed E-state index contributed by atoms with van der Waals surface area (Å²) >= 11 is 0. The summed E-state index contributed by atoms with van der Waals surface area (Å²) in [7, 11) is 2.11. The van der Waals surface area contributed by atoms with Crippen LogP contribution in [0.4, 0.5) is 0 Å². The van der Waals surface area contributed by atoms with Crippen molar-refractivity contribution in [3.05, 3.63) is 59.2 Å². The predicted octanol–water partition coefficient (Wildman–Crippen LogP) is 3.39. The molecule has 2 aromatic carbocycles. The predicted molar refractivity (Wildman–Crippen MR) is 114 cm³/mol. The van der Waals surface area contributed by atoms with Gasteiger partial charge in [0.25, 0.3) is 0 Å². The van der Waals surface area contributed by atoms with Crippen LogP contribution in [0.15, 0.2) is 42.5 Å². The molecule has 0 atom stereocenters.